The van der Waals surface area contributed by atoms with Gasteiger partial charge in [-0.2, -0.15) is 18.4 Å². The van der Waals surface area contributed by atoms with E-state index in [1.807, 2.05) is 0 Å². The molecule has 1 aliphatic heterocycles. The van der Waals surface area contributed by atoms with Gasteiger partial charge in [0.25, 0.3) is 0 Å². The number of aromatic nitrogens is 3. The van der Waals surface area contributed by atoms with Gasteiger partial charge in [0.2, 0.25) is 0 Å². The number of nitriles is 1. The van der Waals surface area contributed by atoms with Gasteiger partial charge in [-0.05, 0) is 37.1 Å². The molecule has 1 aromatic carbocycles. The Hall–Kier alpha value is -2.56. The van der Waals surface area contributed by atoms with E-state index in [0.29, 0.717) is 4.68 Å². The lowest BCUT2D eigenvalue weighted by Crippen LogP contribution is -2.18. The van der Waals surface area contributed by atoms with Crippen LogP contribution in [0.4, 0.5) is 18.9 Å². The third-order valence-corrected chi connectivity index (χ3v) is 3.61. The molecule has 1 aromatic heterocycles. The molecule has 2 heterocycles. The molecule has 0 spiro atoms. The number of rotatable bonds is 2. The van der Waals surface area contributed by atoms with E-state index in [2.05, 4.69) is 15.2 Å². The van der Waals surface area contributed by atoms with Gasteiger partial charge in [0.1, 0.15) is 6.07 Å². The molecule has 0 bridgehead atoms. The Bertz CT molecular complexity index is 706. The van der Waals surface area contributed by atoms with Crippen molar-refractivity contribution in [3.8, 4) is 11.8 Å². The maximum atomic E-state index is 13.1. The van der Waals surface area contributed by atoms with Gasteiger partial charge in [-0.15, -0.1) is 5.10 Å². The average Bonchev–Trinajstić information content (AvgIpc) is 3.16. The highest BCUT2D eigenvalue weighted by molar-refractivity contribution is 5.52. The summed E-state index contributed by atoms with van der Waals surface area (Å²) in [5.74, 6) is 0. The molecule has 1 fully saturated rings. The first-order valence-electron chi connectivity index (χ1n) is 6.79. The molecule has 0 amide bonds. The predicted molar refractivity (Wildman–Crippen MR) is 72.5 cm³/mol. The molecular weight excluding hydrogens is 295 g/mol. The summed E-state index contributed by atoms with van der Waals surface area (Å²) in [6, 6.07) is 8.05. The molecule has 1 saturated heterocycles. The van der Waals surface area contributed by atoms with Crippen molar-refractivity contribution < 1.29 is 13.2 Å². The minimum Gasteiger partial charge on any atom is -0.372 e. The largest absolute Gasteiger partial charge is 0.436 e. The minimum atomic E-state index is -4.69. The normalized spacial score (nSPS) is 15.1. The number of hydrogen-bond acceptors (Lipinski definition) is 4. The fourth-order valence-corrected chi connectivity index (χ4v) is 2.57. The van der Waals surface area contributed by atoms with Gasteiger partial charge >= 0.3 is 6.18 Å². The van der Waals surface area contributed by atoms with Gasteiger partial charge in [-0.3, -0.25) is 0 Å². The molecule has 0 saturated carbocycles. The van der Waals surface area contributed by atoms with Gasteiger partial charge in [0.15, 0.2) is 11.4 Å². The summed E-state index contributed by atoms with van der Waals surface area (Å²) in [6.45, 7) is 1.91. The molecule has 22 heavy (non-hydrogen) atoms. The van der Waals surface area contributed by atoms with Crippen LogP contribution >= 0.6 is 0 Å². The van der Waals surface area contributed by atoms with E-state index < -0.39 is 17.6 Å². The lowest BCUT2D eigenvalue weighted by atomic mass is 10.2. The number of nitrogens with zero attached hydrogens (tertiary/aromatic N) is 5. The van der Waals surface area contributed by atoms with Crippen LogP contribution in [0.25, 0.3) is 5.69 Å². The van der Waals surface area contributed by atoms with Crippen molar-refractivity contribution in [3.63, 3.8) is 0 Å². The number of benzene rings is 1. The smallest absolute Gasteiger partial charge is 0.372 e. The first-order valence-corrected chi connectivity index (χ1v) is 6.79. The summed E-state index contributed by atoms with van der Waals surface area (Å²) in [4.78, 5) is 2.18. The van der Waals surface area contributed by atoms with E-state index in [4.69, 9.17) is 5.26 Å². The summed E-state index contributed by atoms with van der Waals surface area (Å²) < 4.78 is 39.9. The van der Waals surface area contributed by atoms with Crippen molar-refractivity contribution in [1.29, 1.82) is 5.26 Å². The van der Waals surface area contributed by atoms with E-state index in [9.17, 15) is 13.2 Å². The first-order chi connectivity index (χ1) is 10.5. The quantitative estimate of drug-likeness (QED) is 0.856. The van der Waals surface area contributed by atoms with Crippen molar-refractivity contribution >= 4 is 5.69 Å². The number of hydrogen-bond donors (Lipinski definition) is 0. The Morgan fingerprint density at radius 1 is 1.05 bits per heavy atom. The number of anilines is 1. The van der Waals surface area contributed by atoms with Gasteiger partial charge in [0.05, 0.1) is 5.69 Å². The van der Waals surface area contributed by atoms with Crippen LogP contribution in [0.2, 0.25) is 0 Å². The van der Waals surface area contributed by atoms with Crippen LogP contribution in [0, 0.1) is 11.3 Å². The molecule has 114 valence electrons. The topological polar surface area (TPSA) is 57.7 Å². The van der Waals surface area contributed by atoms with Crippen molar-refractivity contribution in [1.82, 2.24) is 15.0 Å². The molecule has 0 aliphatic carbocycles. The van der Waals surface area contributed by atoms with E-state index in [0.717, 1.165) is 31.6 Å². The van der Waals surface area contributed by atoms with Crippen LogP contribution in [0.5, 0.6) is 0 Å². The van der Waals surface area contributed by atoms with E-state index in [1.54, 1.807) is 24.3 Å². The Labute approximate surface area is 124 Å². The maximum absolute atomic E-state index is 13.1. The lowest BCUT2D eigenvalue weighted by molar-refractivity contribution is -0.143. The summed E-state index contributed by atoms with van der Waals surface area (Å²) in [7, 11) is 0. The van der Waals surface area contributed by atoms with Crippen LogP contribution in [-0.4, -0.2) is 28.1 Å². The monoisotopic (exact) mass is 307 g/mol. The van der Waals surface area contributed by atoms with Gasteiger partial charge in [-0.1, -0.05) is 5.21 Å². The molecule has 0 radical (unpaired) electrons. The van der Waals surface area contributed by atoms with Crippen LogP contribution in [0.3, 0.4) is 0 Å². The van der Waals surface area contributed by atoms with Crippen LogP contribution in [-0.2, 0) is 6.18 Å². The number of halogens is 3. The second kappa shape index (κ2) is 5.33. The minimum absolute atomic E-state index is 0.226. The zero-order chi connectivity index (χ0) is 15.7. The zero-order valence-corrected chi connectivity index (χ0v) is 11.5. The predicted octanol–water partition coefficient (Wildman–Crippen LogP) is 2.76. The molecule has 0 atom stereocenters. The molecule has 5 nitrogen and oxygen atoms in total. The van der Waals surface area contributed by atoms with Gasteiger partial charge < -0.3 is 4.90 Å². The Morgan fingerprint density at radius 3 is 2.18 bits per heavy atom. The number of alkyl halides is 3. The Kier molecular flexibility index (Phi) is 3.48. The highest BCUT2D eigenvalue weighted by Crippen LogP contribution is 2.32. The lowest BCUT2D eigenvalue weighted by Gasteiger charge is -2.18. The highest BCUT2D eigenvalue weighted by atomic mass is 19.4. The van der Waals surface area contributed by atoms with Crippen LogP contribution in [0.1, 0.15) is 24.2 Å². The molecule has 2 aromatic rings. The average molecular weight is 307 g/mol. The van der Waals surface area contributed by atoms with Crippen molar-refractivity contribution in [2.45, 2.75) is 19.0 Å². The molecule has 1 aliphatic rings. The van der Waals surface area contributed by atoms with Gasteiger partial charge in [0, 0.05) is 18.8 Å². The van der Waals surface area contributed by atoms with E-state index in [1.165, 1.54) is 6.07 Å². The summed E-state index contributed by atoms with van der Waals surface area (Å²) in [5, 5.41) is 15.5. The van der Waals surface area contributed by atoms with Crippen LogP contribution < -0.4 is 4.90 Å². The second-order valence-corrected chi connectivity index (χ2v) is 5.02. The molecule has 3 rings (SSSR count). The Morgan fingerprint density at radius 2 is 1.64 bits per heavy atom. The summed E-state index contributed by atoms with van der Waals surface area (Å²) in [6.07, 6.45) is -2.45. The molecule has 0 unspecified atom stereocenters. The van der Waals surface area contributed by atoms with Crippen molar-refractivity contribution in [3.05, 3.63) is 35.7 Å². The standard InChI is InChI=1S/C14H12F3N5/c15-14(16,17)13-12(9-18)19-20-22(13)11-5-3-10(4-6-11)21-7-1-2-8-21/h3-6H,1-2,7-8H2. The zero-order valence-electron chi connectivity index (χ0n) is 11.5. The Balaban J connectivity index is 1.98. The van der Waals surface area contributed by atoms with Crippen molar-refractivity contribution in [2.24, 2.45) is 0 Å². The molecule has 0 N–H and O–H groups in total. The molecule has 8 heteroatoms. The summed E-state index contributed by atoms with van der Waals surface area (Å²) >= 11 is 0. The second-order valence-electron chi connectivity index (χ2n) is 5.02. The first kappa shape index (κ1) is 14.4. The fraction of sp³-hybridized carbons (Fsp3) is 0.357. The van der Waals surface area contributed by atoms with E-state index >= 15 is 0 Å². The maximum Gasteiger partial charge on any atom is 0.436 e. The van der Waals surface area contributed by atoms with E-state index in [-0.39, 0.29) is 5.69 Å². The summed E-state index contributed by atoms with van der Waals surface area (Å²) in [5.41, 5.74) is -0.681. The SMILES string of the molecule is N#Cc1nnn(-c2ccc(N3CCCC3)cc2)c1C(F)(F)F. The van der Waals surface area contributed by atoms with Crippen LogP contribution in [0.15, 0.2) is 24.3 Å². The molecular formula is C14H12F3N5. The highest BCUT2D eigenvalue weighted by Gasteiger charge is 2.40. The van der Waals surface area contributed by atoms with Gasteiger partial charge in [-0.25, -0.2) is 4.68 Å². The van der Waals surface area contributed by atoms with Crippen molar-refractivity contribution in [2.75, 3.05) is 18.0 Å². The fourth-order valence-electron chi connectivity index (χ4n) is 2.57. The third kappa shape index (κ3) is 2.50. The third-order valence-electron chi connectivity index (χ3n) is 3.61.